The number of hydrogen-bond donors (Lipinski definition) is 1. The number of sulfonamides is 1. The Morgan fingerprint density at radius 3 is 2.18 bits per heavy atom. The van der Waals surface area contributed by atoms with Crippen LogP contribution in [0.3, 0.4) is 0 Å². The van der Waals surface area contributed by atoms with Crippen molar-refractivity contribution < 1.29 is 18.0 Å². The zero-order valence-corrected chi connectivity index (χ0v) is 19.9. The van der Waals surface area contributed by atoms with E-state index in [1.807, 2.05) is 42.0 Å². The molecule has 0 aliphatic carbocycles. The van der Waals surface area contributed by atoms with Gasteiger partial charge in [0.2, 0.25) is 15.9 Å². The molecule has 2 amide bonds. The predicted octanol–water partition coefficient (Wildman–Crippen LogP) is 2.22. The molecule has 34 heavy (non-hydrogen) atoms. The average Bonchev–Trinajstić information content (AvgIpc) is 3.39. The van der Waals surface area contributed by atoms with Crippen molar-refractivity contribution in [3.05, 3.63) is 78.4 Å². The Labute approximate surface area is 199 Å². The van der Waals surface area contributed by atoms with Crippen molar-refractivity contribution in [3.63, 3.8) is 0 Å². The highest BCUT2D eigenvalue weighted by atomic mass is 32.2. The van der Waals surface area contributed by atoms with Crippen molar-refractivity contribution in [1.82, 2.24) is 24.1 Å². The SMILES string of the molecule is CC(=O)N1CCN(S(=O)(=O)c2ccc(C(=O)NC(C)c3ccc(-n4ccnc4)cc3)cc2)CC1. The first kappa shape index (κ1) is 23.7. The summed E-state index contributed by atoms with van der Waals surface area (Å²) in [5, 5.41) is 2.95. The minimum Gasteiger partial charge on any atom is -0.346 e. The molecule has 2 heterocycles. The van der Waals surface area contributed by atoms with E-state index in [2.05, 4.69) is 10.3 Å². The van der Waals surface area contributed by atoms with Crippen LogP contribution in [0, 0.1) is 0 Å². The van der Waals surface area contributed by atoms with E-state index < -0.39 is 10.0 Å². The molecule has 0 saturated carbocycles. The third-order valence-corrected chi connectivity index (χ3v) is 7.89. The number of carbonyl (C=O) groups is 2. The summed E-state index contributed by atoms with van der Waals surface area (Å²) >= 11 is 0. The molecular formula is C24H27N5O4S. The van der Waals surface area contributed by atoms with Gasteiger partial charge in [0.05, 0.1) is 17.3 Å². The lowest BCUT2D eigenvalue weighted by atomic mass is 10.1. The second-order valence-corrected chi connectivity index (χ2v) is 10.1. The maximum absolute atomic E-state index is 12.9. The molecular weight excluding hydrogens is 454 g/mol. The van der Waals surface area contributed by atoms with Gasteiger partial charge in [0.25, 0.3) is 5.91 Å². The van der Waals surface area contributed by atoms with Gasteiger partial charge in [-0.25, -0.2) is 13.4 Å². The molecule has 1 N–H and O–H groups in total. The summed E-state index contributed by atoms with van der Waals surface area (Å²) in [6.07, 6.45) is 5.29. The Bertz CT molecular complexity index is 1250. The second kappa shape index (κ2) is 9.78. The van der Waals surface area contributed by atoms with Crippen molar-refractivity contribution in [1.29, 1.82) is 0 Å². The minimum absolute atomic E-state index is 0.0595. The first-order valence-electron chi connectivity index (χ1n) is 11.0. The van der Waals surface area contributed by atoms with Gasteiger partial charge < -0.3 is 14.8 Å². The molecule has 1 unspecified atom stereocenters. The molecule has 1 fully saturated rings. The van der Waals surface area contributed by atoms with Crippen LogP contribution in [-0.2, 0) is 14.8 Å². The quantitative estimate of drug-likeness (QED) is 0.581. The van der Waals surface area contributed by atoms with Crippen LogP contribution in [0.25, 0.3) is 5.69 Å². The van der Waals surface area contributed by atoms with E-state index >= 15 is 0 Å². The molecule has 1 aliphatic heterocycles. The summed E-state index contributed by atoms with van der Waals surface area (Å²) in [7, 11) is -3.69. The largest absolute Gasteiger partial charge is 0.346 e. The number of nitrogens with zero attached hydrogens (tertiary/aromatic N) is 4. The van der Waals surface area contributed by atoms with E-state index in [0.29, 0.717) is 18.7 Å². The fourth-order valence-corrected chi connectivity index (χ4v) is 5.30. The van der Waals surface area contributed by atoms with Crippen LogP contribution in [0.2, 0.25) is 0 Å². The summed E-state index contributed by atoms with van der Waals surface area (Å²) in [6.45, 7) is 4.62. The van der Waals surface area contributed by atoms with E-state index in [0.717, 1.165) is 11.3 Å². The molecule has 2 aromatic carbocycles. The summed E-state index contributed by atoms with van der Waals surface area (Å²) < 4.78 is 29.1. The van der Waals surface area contributed by atoms with E-state index in [1.165, 1.54) is 35.5 Å². The van der Waals surface area contributed by atoms with Crippen molar-refractivity contribution in [2.75, 3.05) is 26.2 Å². The monoisotopic (exact) mass is 481 g/mol. The van der Waals surface area contributed by atoms with Gasteiger partial charge in [0, 0.05) is 56.7 Å². The van der Waals surface area contributed by atoms with Crippen molar-refractivity contribution >= 4 is 21.8 Å². The normalized spacial score (nSPS) is 15.6. The number of piperazine rings is 1. The number of benzene rings is 2. The lowest BCUT2D eigenvalue weighted by Gasteiger charge is -2.33. The minimum atomic E-state index is -3.69. The Hall–Kier alpha value is -3.50. The molecule has 9 nitrogen and oxygen atoms in total. The van der Waals surface area contributed by atoms with Gasteiger partial charge in [-0.05, 0) is 48.9 Å². The lowest BCUT2D eigenvalue weighted by Crippen LogP contribution is -2.49. The number of imidazole rings is 1. The Morgan fingerprint density at radius 2 is 1.62 bits per heavy atom. The number of rotatable bonds is 6. The first-order chi connectivity index (χ1) is 16.3. The first-order valence-corrected chi connectivity index (χ1v) is 12.4. The topological polar surface area (TPSA) is 105 Å². The van der Waals surface area contributed by atoms with Crippen LogP contribution in [0.15, 0.2) is 72.1 Å². The smallest absolute Gasteiger partial charge is 0.251 e. The lowest BCUT2D eigenvalue weighted by molar-refractivity contribution is -0.129. The molecule has 0 spiro atoms. The number of hydrogen-bond acceptors (Lipinski definition) is 5. The van der Waals surface area contributed by atoms with Crippen molar-refractivity contribution in [3.8, 4) is 5.69 Å². The molecule has 10 heteroatoms. The number of nitrogens with one attached hydrogen (secondary N) is 1. The molecule has 1 atom stereocenters. The van der Waals surface area contributed by atoms with Gasteiger partial charge in [0.1, 0.15) is 0 Å². The van der Waals surface area contributed by atoms with Gasteiger partial charge in [0.15, 0.2) is 0 Å². The zero-order chi connectivity index (χ0) is 24.3. The van der Waals surface area contributed by atoms with Crippen LogP contribution >= 0.6 is 0 Å². The summed E-state index contributed by atoms with van der Waals surface area (Å²) in [4.78, 5) is 30.0. The third-order valence-electron chi connectivity index (χ3n) is 5.98. The standard InChI is InChI=1S/C24H27N5O4S/c1-18(20-3-7-22(8-4-20)28-12-11-25-17-28)26-24(31)21-5-9-23(10-6-21)34(32,33)29-15-13-27(14-16-29)19(2)30/h3-12,17-18H,13-16H2,1-2H3,(H,26,31). The summed E-state index contributed by atoms with van der Waals surface area (Å²) in [5.74, 6) is -0.346. The maximum atomic E-state index is 12.9. The Morgan fingerprint density at radius 1 is 0.971 bits per heavy atom. The molecule has 4 rings (SSSR count). The van der Waals surface area contributed by atoms with Crippen LogP contribution in [-0.4, -0.2) is 65.2 Å². The predicted molar refractivity (Wildman–Crippen MR) is 127 cm³/mol. The third kappa shape index (κ3) is 5.02. The Kier molecular flexibility index (Phi) is 6.80. The number of carbonyl (C=O) groups excluding carboxylic acids is 2. The molecule has 0 bridgehead atoms. The molecule has 178 valence electrons. The van der Waals surface area contributed by atoms with Crippen molar-refractivity contribution in [2.24, 2.45) is 0 Å². The molecule has 1 aliphatic rings. The zero-order valence-electron chi connectivity index (χ0n) is 19.1. The van der Waals surface area contributed by atoms with E-state index in [9.17, 15) is 18.0 Å². The summed E-state index contributed by atoms with van der Waals surface area (Å²) in [6, 6.07) is 13.5. The highest BCUT2D eigenvalue weighted by molar-refractivity contribution is 7.89. The second-order valence-electron chi connectivity index (χ2n) is 8.19. The van der Waals surface area contributed by atoms with Crippen LogP contribution < -0.4 is 5.32 Å². The molecule has 1 saturated heterocycles. The maximum Gasteiger partial charge on any atom is 0.251 e. The van der Waals surface area contributed by atoms with E-state index in [4.69, 9.17) is 0 Å². The van der Waals surface area contributed by atoms with Crippen molar-refractivity contribution in [2.45, 2.75) is 24.8 Å². The van der Waals surface area contributed by atoms with Gasteiger partial charge >= 0.3 is 0 Å². The van der Waals surface area contributed by atoms with E-state index in [-0.39, 0.29) is 35.8 Å². The van der Waals surface area contributed by atoms with Crippen LogP contribution in [0.4, 0.5) is 0 Å². The fraction of sp³-hybridized carbons (Fsp3) is 0.292. The van der Waals surface area contributed by atoms with Gasteiger partial charge in [-0.2, -0.15) is 4.31 Å². The van der Waals surface area contributed by atoms with Crippen LogP contribution in [0.1, 0.15) is 35.8 Å². The molecule has 1 aromatic heterocycles. The highest BCUT2D eigenvalue weighted by Gasteiger charge is 2.29. The summed E-state index contributed by atoms with van der Waals surface area (Å²) in [5.41, 5.74) is 2.29. The fourth-order valence-electron chi connectivity index (χ4n) is 3.88. The van der Waals surface area contributed by atoms with Gasteiger partial charge in [-0.1, -0.05) is 12.1 Å². The number of amides is 2. The molecule has 3 aromatic rings. The van der Waals surface area contributed by atoms with E-state index in [1.54, 1.807) is 17.4 Å². The average molecular weight is 482 g/mol. The van der Waals surface area contributed by atoms with Crippen LogP contribution in [0.5, 0.6) is 0 Å². The van der Waals surface area contributed by atoms with Gasteiger partial charge in [-0.3, -0.25) is 9.59 Å². The van der Waals surface area contributed by atoms with Gasteiger partial charge in [-0.15, -0.1) is 0 Å². The highest BCUT2D eigenvalue weighted by Crippen LogP contribution is 2.20. The molecule has 0 radical (unpaired) electrons. The number of aromatic nitrogens is 2. The Balaban J connectivity index is 1.38.